The lowest BCUT2D eigenvalue weighted by atomic mass is 9.98. The third-order valence-electron chi connectivity index (χ3n) is 7.55. The van der Waals surface area contributed by atoms with Crippen LogP contribution in [0.2, 0.25) is 18.1 Å². The molecule has 2 aromatic rings. The van der Waals surface area contributed by atoms with Crippen LogP contribution in [0.4, 0.5) is 13.2 Å². The summed E-state index contributed by atoms with van der Waals surface area (Å²) in [6.45, 7) is 10.3. The zero-order chi connectivity index (χ0) is 29.7. The molecule has 2 saturated heterocycles. The predicted molar refractivity (Wildman–Crippen MR) is 141 cm³/mol. The predicted octanol–water partition coefficient (Wildman–Crippen LogP) is 5.13. The number of phosphoric acid groups is 1. The Morgan fingerprint density at radius 2 is 1.85 bits per heavy atom. The van der Waals surface area contributed by atoms with Crippen molar-refractivity contribution in [1.82, 2.24) is 9.55 Å². The summed E-state index contributed by atoms with van der Waals surface area (Å²) in [5.41, 5.74) is -3.72. The molecule has 0 unspecified atom stereocenters. The molecule has 1 N–H and O–H groups in total. The van der Waals surface area contributed by atoms with Crippen LogP contribution in [0.5, 0.6) is 0 Å². The fraction of sp³-hybridized carbons (Fsp3) is 0.600. The molecule has 0 amide bonds. The molecule has 0 bridgehead atoms. The van der Waals surface area contributed by atoms with Crippen LogP contribution in [0.1, 0.15) is 52.0 Å². The summed E-state index contributed by atoms with van der Waals surface area (Å²) in [6, 6.07) is 3.89. The third-order valence-corrected chi connectivity index (χ3v) is 13.5. The van der Waals surface area contributed by atoms with Gasteiger partial charge in [0.2, 0.25) is 0 Å². The van der Waals surface area contributed by atoms with Crippen LogP contribution in [0.15, 0.2) is 40.1 Å². The maximum Gasteiger partial charge on any atom is 0.475 e. The smallest absolute Gasteiger partial charge is 0.408 e. The van der Waals surface area contributed by atoms with Crippen LogP contribution in [-0.2, 0) is 27.3 Å². The van der Waals surface area contributed by atoms with Gasteiger partial charge in [0.25, 0.3) is 5.56 Å². The van der Waals surface area contributed by atoms with Crippen LogP contribution in [0.25, 0.3) is 0 Å². The maximum absolute atomic E-state index is 16.6. The Balaban J connectivity index is 1.60. The molecule has 6 atom stereocenters. The number of benzene rings is 1. The largest absolute Gasteiger partial charge is 0.475 e. The zero-order valence-electron chi connectivity index (χ0n) is 23.1. The summed E-state index contributed by atoms with van der Waals surface area (Å²) in [7, 11) is -6.92. The molecule has 0 radical (unpaired) electrons. The summed E-state index contributed by atoms with van der Waals surface area (Å²) in [6.07, 6.45) is -3.67. The average molecular weight is 607 g/mol. The number of halogens is 3. The minimum absolute atomic E-state index is 0.0915. The minimum atomic E-state index is -4.29. The van der Waals surface area contributed by atoms with Gasteiger partial charge in [-0.25, -0.2) is 22.5 Å². The maximum atomic E-state index is 16.6. The number of aromatic nitrogens is 2. The molecule has 2 aliphatic heterocycles. The molecule has 15 heteroatoms. The molecule has 222 valence electrons. The molecule has 1 aromatic heterocycles. The van der Waals surface area contributed by atoms with E-state index in [9.17, 15) is 22.9 Å². The first-order valence-electron chi connectivity index (χ1n) is 12.8. The van der Waals surface area contributed by atoms with Crippen molar-refractivity contribution < 1.29 is 40.5 Å². The molecule has 2 aliphatic rings. The van der Waals surface area contributed by atoms with Crippen molar-refractivity contribution in [3.63, 3.8) is 0 Å². The number of nitrogens with one attached hydrogen (secondary N) is 1. The van der Waals surface area contributed by atoms with Crippen molar-refractivity contribution in [3.8, 4) is 0 Å². The van der Waals surface area contributed by atoms with Gasteiger partial charge in [0.15, 0.2) is 20.2 Å². The number of hydrogen-bond donors (Lipinski definition) is 1. The minimum Gasteiger partial charge on any atom is -0.408 e. The summed E-state index contributed by atoms with van der Waals surface area (Å²) < 4.78 is 87.0. The quantitative estimate of drug-likeness (QED) is 0.340. The number of H-pyrrole nitrogens is 1. The molecule has 10 nitrogen and oxygen atoms in total. The van der Waals surface area contributed by atoms with Gasteiger partial charge in [0.05, 0.1) is 19.3 Å². The van der Waals surface area contributed by atoms with E-state index < -0.39 is 75.8 Å². The number of alkyl halides is 1. The Hall–Kier alpha value is -2.06. The van der Waals surface area contributed by atoms with Crippen LogP contribution < -0.4 is 11.2 Å². The zero-order valence-corrected chi connectivity index (χ0v) is 25.0. The van der Waals surface area contributed by atoms with E-state index in [0.29, 0.717) is 6.07 Å². The molecule has 0 spiro atoms. The standard InChI is InChI=1S/C25H34F3N2O8PSi/c1-24(2,3)40(5,6)38-21-19(36-22(25(21,4)28)30-9-7-20(31)29-23(30)32)14-35-39(33)34-10-8-18(37-39)15-11-16(26)13-17(27)12-15/h7,9,11-13,18-19,21-22H,8,10,14H2,1-6H3,(H,29,31,32)/t18-,19-,21-,22-,25-,39+/m1/s1. The van der Waals surface area contributed by atoms with Crippen LogP contribution >= 0.6 is 7.82 Å². The third kappa shape index (κ3) is 6.38. The van der Waals surface area contributed by atoms with Gasteiger partial charge in [-0.05, 0) is 42.8 Å². The molecule has 2 fully saturated rings. The van der Waals surface area contributed by atoms with E-state index in [1.165, 1.54) is 6.92 Å². The molecule has 4 rings (SSSR count). The fourth-order valence-electron chi connectivity index (χ4n) is 4.37. The Morgan fingerprint density at radius 3 is 2.45 bits per heavy atom. The Labute approximate surface area is 230 Å². The molecular formula is C25H34F3N2O8PSi. The Bertz CT molecular complexity index is 1390. The van der Waals surface area contributed by atoms with E-state index in [2.05, 4.69) is 4.98 Å². The second-order valence-corrected chi connectivity index (χ2v) is 18.0. The second-order valence-electron chi connectivity index (χ2n) is 11.7. The van der Waals surface area contributed by atoms with Gasteiger partial charge in [-0.3, -0.25) is 27.9 Å². The number of aromatic amines is 1. The van der Waals surface area contributed by atoms with Crippen LogP contribution in [0.3, 0.4) is 0 Å². The lowest BCUT2D eigenvalue weighted by molar-refractivity contribution is -0.0653. The van der Waals surface area contributed by atoms with Crippen molar-refractivity contribution >= 4 is 16.1 Å². The monoisotopic (exact) mass is 606 g/mol. The first kappa shape index (κ1) is 30.9. The lowest BCUT2D eigenvalue weighted by Gasteiger charge is -2.41. The van der Waals surface area contributed by atoms with Gasteiger partial charge >= 0.3 is 13.5 Å². The van der Waals surface area contributed by atoms with Crippen LogP contribution in [-0.4, -0.2) is 49.0 Å². The summed E-state index contributed by atoms with van der Waals surface area (Å²) in [4.78, 5) is 26.2. The van der Waals surface area contributed by atoms with E-state index in [1.54, 1.807) is 0 Å². The van der Waals surface area contributed by atoms with Gasteiger partial charge in [-0.1, -0.05) is 20.8 Å². The summed E-state index contributed by atoms with van der Waals surface area (Å²) in [5, 5.41) is -0.322. The van der Waals surface area contributed by atoms with Crippen molar-refractivity contribution in [3.05, 3.63) is 68.5 Å². The summed E-state index contributed by atoms with van der Waals surface area (Å²) >= 11 is 0. The van der Waals surface area contributed by atoms with Crippen molar-refractivity contribution in [2.45, 2.75) is 82.5 Å². The highest BCUT2D eigenvalue weighted by Gasteiger charge is 2.59. The van der Waals surface area contributed by atoms with Gasteiger partial charge in [0.1, 0.15) is 23.8 Å². The second kappa shape index (κ2) is 11.0. The number of phosphoric ester groups is 1. The SMILES string of the molecule is CC(C)(C)[Si](C)(C)O[C@@H]1[C@@H](CO[P@]2(=O)OCC[C@H](c3cc(F)cc(F)c3)O2)O[C@@H](n2ccc(=O)[nH]c2=O)[C@]1(C)F. The average Bonchev–Trinajstić information content (AvgIpc) is 3.06. The van der Waals surface area contributed by atoms with E-state index in [0.717, 1.165) is 29.0 Å². The summed E-state index contributed by atoms with van der Waals surface area (Å²) in [5.74, 6) is -1.65. The van der Waals surface area contributed by atoms with Gasteiger partial charge < -0.3 is 9.16 Å². The molecule has 40 heavy (non-hydrogen) atoms. The highest BCUT2D eigenvalue weighted by Crippen LogP contribution is 2.58. The molecule has 0 saturated carbocycles. The van der Waals surface area contributed by atoms with E-state index in [-0.39, 0.29) is 23.6 Å². The van der Waals surface area contributed by atoms with E-state index in [4.69, 9.17) is 22.7 Å². The molecule has 0 aliphatic carbocycles. The number of hydrogen-bond acceptors (Lipinski definition) is 8. The lowest BCUT2D eigenvalue weighted by Crippen LogP contribution is -2.53. The Morgan fingerprint density at radius 1 is 1.20 bits per heavy atom. The number of ether oxygens (including phenoxy) is 1. The first-order valence-corrected chi connectivity index (χ1v) is 17.2. The van der Waals surface area contributed by atoms with Crippen molar-refractivity contribution in [2.75, 3.05) is 13.2 Å². The topological polar surface area (TPSA) is 118 Å². The van der Waals surface area contributed by atoms with Crippen LogP contribution in [0, 0.1) is 11.6 Å². The normalized spacial score (nSPS) is 31.4. The fourth-order valence-corrected chi connectivity index (χ4v) is 7.13. The first-order chi connectivity index (χ1) is 18.4. The molecular weight excluding hydrogens is 572 g/mol. The Kier molecular flexibility index (Phi) is 8.47. The molecule has 3 heterocycles. The number of rotatable bonds is 7. The van der Waals surface area contributed by atoms with Gasteiger partial charge in [0, 0.05) is 24.8 Å². The van der Waals surface area contributed by atoms with Crippen molar-refractivity contribution in [1.29, 1.82) is 0 Å². The van der Waals surface area contributed by atoms with Gasteiger partial charge in [-0.2, -0.15) is 0 Å². The van der Waals surface area contributed by atoms with E-state index >= 15 is 4.39 Å². The number of nitrogens with zero attached hydrogens (tertiary/aromatic N) is 1. The molecule has 1 aromatic carbocycles. The van der Waals surface area contributed by atoms with Crippen molar-refractivity contribution in [2.24, 2.45) is 0 Å². The highest BCUT2D eigenvalue weighted by molar-refractivity contribution is 7.48. The van der Waals surface area contributed by atoms with E-state index in [1.807, 2.05) is 33.9 Å². The highest BCUT2D eigenvalue weighted by atomic mass is 31.2. The van der Waals surface area contributed by atoms with Gasteiger partial charge in [-0.15, -0.1) is 0 Å².